The number of aliphatic hydroxyl groups is 2. The Hall–Kier alpha value is -4.23. The summed E-state index contributed by atoms with van der Waals surface area (Å²) in [6.45, 7) is 1.24. The van der Waals surface area contributed by atoms with Gasteiger partial charge in [0.05, 0.1) is 12.2 Å². The number of sulfonamides is 1. The SMILES string of the molecule is C(=C\C1CCCO1)/c1ccccc1.O=P1(NS(=O)(=O)C(F)(F)F)N(c2ccccc2)CCN1c1ccccc1.OCCCC(O)/C=C/c1ccccc1. The molecule has 4 aromatic rings. The zero-order chi connectivity index (χ0) is 38.2. The van der Waals surface area contributed by atoms with Gasteiger partial charge in [0.25, 0.3) is 0 Å². The molecule has 2 fully saturated rings. The van der Waals surface area contributed by atoms with E-state index >= 15 is 0 Å². The lowest BCUT2D eigenvalue weighted by Gasteiger charge is -2.32. The van der Waals surface area contributed by atoms with Crippen LogP contribution >= 0.6 is 7.59 Å². The molecule has 53 heavy (non-hydrogen) atoms. The molecule has 14 heteroatoms. The lowest BCUT2D eigenvalue weighted by atomic mass is 10.1. The molecule has 0 aromatic heterocycles. The van der Waals surface area contributed by atoms with Gasteiger partial charge in [-0.2, -0.15) is 13.2 Å². The summed E-state index contributed by atoms with van der Waals surface area (Å²) in [4.78, 5) is 0. The van der Waals surface area contributed by atoms with Crippen LogP contribution in [0, 0.1) is 0 Å². The van der Waals surface area contributed by atoms with Gasteiger partial charge >= 0.3 is 23.1 Å². The third-order valence-electron chi connectivity index (χ3n) is 8.07. The van der Waals surface area contributed by atoms with Gasteiger partial charge in [-0.25, -0.2) is 8.42 Å². The standard InChI is InChI=1S/C15H15F3N3O3PS.C12H16O2.C12H14O/c16-15(17,18)26(23,24)19-25(22)20(13-7-3-1-4-8-13)11-12-21(25)14-9-5-2-6-10-14;13-10-4-7-12(14)9-8-11-5-2-1-3-6-11;1-2-5-11(6-3-1)8-9-12-7-4-10-13-12/h1-10H,11-12H2,(H,19,22);1-3,5-6,8-9,12-14H,4,7,10H2;1-3,5-6,8-9,12H,4,7,10H2/b;2*9-8+. The highest BCUT2D eigenvalue weighted by Crippen LogP contribution is 2.58. The predicted molar refractivity (Wildman–Crippen MR) is 206 cm³/mol. The number of benzene rings is 4. The molecule has 0 bridgehead atoms. The summed E-state index contributed by atoms with van der Waals surface area (Å²) in [5.74, 6) is 0. The molecule has 6 rings (SSSR count). The summed E-state index contributed by atoms with van der Waals surface area (Å²) in [6.07, 6.45) is 11.4. The summed E-state index contributed by atoms with van der Waals surface area (Å²) in [6, 6.07) is 36.3. The molecule has 2 aliphatic rings. The number of alkyl halides is 3. The molecule has 0 saturated carbocycles. The zero-order valence-corrected chi connectivity index (χ0v) is 30.8. The zero-order valence-electron chi connectivity index (χ0n) is 29.1. The number of rotatable bonds is 11. The average molecular weight is 772 g/mol. The van der Waals surface area contributed by atoms with Crippen molar-refractivity contribution in [2.45, 2.75) is 43.4 Å². The third kappa shape index (κ3) is 12.7. The average Bonchev–Trinajstić information content (AvgIpc) is 3.81. The Morgan fingerprint density at radius 3 is 1.72 bits per heavy atom. The van der Waals surface area contributed by atoms with Gasteiger partial charge in [0.1, 0.15) is 0 Å². The van der Waals surface area contributed by atoms with Crippen LogP contribution in [0.1, 0.15) is 36.8 Å². The highest BCUT2D eigenvalue weighted by atomic mass is 32.2. The quantitative estimate of drug-likeness (QED) is 0.131. The lowest BCUT2D eigenvalue weighted by molar-refractivity contribution is -0.0441. The molecular weight excluding hydrogens is 726 g/mol. The monoisotopic (exact) mass is 771 g/mol. The van der Waals surface area contributed by atoms with E-state index in [9.17, 15) is 31.3 Å². The van der Waals surface area contributed by atoms with E-state index < -0.39 is 29.2 Å². The van der Waals surface area contributed by atoms with E-state index in [-0.39, 0.29) is 19.7 Å². The summed E-state index contributed by atoms with van der Waals surface area (Å²) < 4.78 is 85.0. The number of halogens is 3. The smallest absolute Gasteiger partial charge is 0.396 e. The Balaban J connectivity index is 0.000000196. The number of nitrogens with one attached hydrogen (secondary N) is 1. The largest absolute Gasteiger partial charge is 0.511 e. The predicted octanol–water partition coefficient (Wildman–Crippen LogP) is 8.27. The van der Waals surface area contributed by atoms with Crippen LogP contribution in [-0.4, -0.2) is 62.7 Å². The minimum Gasteiger partial charge on any atom is -0.396 e. The van der Waals surface area contributed by atoms with Crippen molar-refractivity contribution in [2.75, 3.05) is 35.6 Å². The van der Waals surface area contributed by atoms with Crippen molar-refractivity contribution in [2.24, 2.45) is 0 Å². The summed E-state index contributed by atoms with van der Waals surface area (Å²) in [5, 5.41) is 18.0. The number of para-hydroxylation sites is 2. The Labute approximate surface area is 309 Å². The first kappa shape index (κ1) is 41.5. The van der Waals surface area contributed by atoms with Crippen molar-refractivity contribution in [3.8, 4) is 0 Å². The molecule has 0 amide bonds. The van der Waals surface area contributed by atoms with Crippen LogP contribution in [0.25, 0.3) is 12.2 Å². The normalized spacial score (nSPS) is 17.6. The maximum atomic E-state index is 13.6. The molecule has 2 saturated heterocycles. The Morgan fingerprint density at radius 2 is 1.28 bits per heavy atom. The molecule has 2 aliphatic heterocycles. The van der Waals surface area contributed by atoms with E-state index in [4.69, 9.17) is 9.84 Å². The molecule has 0 radical (unpaired) electrons. The van der Waals surface area contributed by atoms with Gasteiger partial charge in [-0.05, 0) is 61.1 Å². The molecule has 2 atom stereocenters. The van der Waals surface area contributed by atoms with Crippen molar-refractivity contribution in [1.29, 1.82) is 0 Å². The number of aliphatic hydroxyl groups excluding tert-OH is 2. The second kappa shape index (κ2) is 20.3. The van der Waals surface area contributed by atoms with Crippen LogP contribution in [0.3, 0.4) is 0 Å². The Kier molecular flexibility index (Phi) is 15.9. The van der Waals surface area contributed by atoms with Crippen molar-refractivity contribution < 1.29 is 41.1 Å². The van der Waals surface area contributed by atoms with Crippen LogP contribution in [0.4, 0.5) is 24.5 Å². The molecule has 9 nitrogen and oxygen atoms in total. The minimum absolute atomic E-state index is 0.0938. The van der Waals surface area contributed by atoms with Crippen molar-refractivity contribution in [3.05, 3.63) is 145 Å². The highest BCUT2D eigenvalue weighted by molar-refractivity contribution is 7.97. The fraction of sp³-hybridized carbons (Fsp3) is 0.282. The van der Waals surface area contributed by atoms with E-state index in [0.717, 1.165) is 12.2 Å². The second-order valence-electron chi connectivity index (χ2n) is 12.0. The summed E-state index contributed by atoms with van der Waals surface area (Å²) >= 11 is 0. The Morgan fingerprint density at radius 1 is 0.811 bits per heavy atom. The second-order valence-corrected chi connectivity index (χ2v) is 16.3. The van der Waals surface area contributed by atoms with Gasteiger partial charge < -0.3 is 14.9 Å². The third-order valence-corrected chi connectivity index (χ3v) is 12.8. The molecule has 0 spiro atoms. The number of hydrogen-bond acceptors (Lipinski definition) is 6. The fourth-order valence-electron chi connectivity index (χ4n) is 5.39. The van der Waals surface area contributed by atoms with Crippen molar-refractivity contribution >= 4 is 41.1 Å². The first-order chi connectivity index (χ1) is 25.4. The van der Waals surface area contributed by atoms with Gasteiger partial charge in [-0.15, -0.1) is 4.49 Å². The summed E-state index contributed by atoms with van der Waals surface area (Å²) in [5.41, 5.74) is -2.52. The highest BCUT2D eigenvalue weighted by Gasteiger charge is 2.54. The van der Waals surface area contributed by atoms with E-state index in [0.29, 0.717) is 30.3 Å². The molecule has 2 heterocycles. The van der Waals surface area contributed by atoms with E-state index in [1.807, 2.05) is 42.5 Å². The minimum atomic E-state index is -5.82. The van der Waals surface area contributed by atoms with Crippen LogP contribution in [0.5, 0.6) is 0 Å². The molecule has 3 N–H and O–H groups in total. The van der Waals surface area contributed by atoms with E-state index in [2.05, 4.69) is 36.4 Å². The number of anilines is 2. The first-order valence-electron chi connectivity index (χ1n) is 17.2. The van der Waals surface area contributed by atoms with Gasteiger partial charge in [0.15, 0.2) is 0 Å². The summed E-state index contributed by atoms with van der Waals surface area (Å²) in [7, 11) is -10.2. The fourth-order valence-corrected chi connectivity index (χ4v) is 9.72. The van der Waals surface area contributed by atoms with Gasteiger partial charge in [0, 0.05) is 37.7 Å². The number of nitrogens with zero attached hydrogens (tertiary/aromatic N) is 2. The molecular formula is C39H45F3N3O6PS. The number of ether oxygens (including phenoxy) is 1. The lowest BCUT2D eigenvalue weighted by Crippen LogP contribution is -2.40. The first-order valence-corrected chi connectivity index (χ1v) is 20.3. The molecule has 2 unspecified atom stereocenters. The maximum absolute atomic E-state index is 13.6. The topological polar surface area (TPSA) is 119 Å². The van der Waals surface area contributed by atoms with Crippen molar-refractivity contribution in [3.63, 3.8) is 0 Å². The van der Waals surface area contributed by atoms with E-state index in [1.165, 1.54) is 32.2 Å². The molecule has 4 aromatic carbocycles. The van der Waals surface area contributed by atoms with Crippen molar-refractivity contribution in [1.82, 2.24) is 4.49 Å². The molecule has 0 aliphatic carbocycles. The van der Waals surface area contributed by atoms with Gasteiger partial charge in [-0.1, -0.05) is 121 Å². The van der Waals surface area contributed by atoms with Gasteiger partial charge in [0.2, 0.25) is 0 Å². The Bertz CT molecular complexity index is 1810. The number of hydrogen-bond donors (Lipinski definition) is 3. The maximum Gasteiger partial charge on any atom is 0.511 e. The van der Waals surface area contributed by atoms with E-state index in [1.54, 1.807) is 66.7 Å². The molecule has 284 valence electrons. The van der Waals surface area contributed by atoms with Crippen LogP contribution in [-0.2, 0) is 19.3 Å². The van der Waals surface area contributed by atoms with Gasteiger partial charge in [-0.3, -0.25) is 13.9 Å². The van der Waals surface area contributed by atoms with Crippen LogP contribution < -0.4 is 13.8 Å². The van der Waals surface area contributed by atoms with Crippen LogP contribution in [0.15, 0.2) is 133 Å². The van der Waals surface area contributed by atoms with Crippen LogP contribution in [0.2, 0.25) is 0 Å².